The van der Waals surface area contributed by atoms with Crippen LogP contribution in [0.3, 0.4) is 0 Å². The molecule has 2 amide bonds. The lowest BCUT2D eigenvalue weighted by Crippen LogP contribution is -2.56. The number of aliphatic hydroxyl groups is 4. The summed E-state index contributed by atoms with van der Waals surface area (Å²) in [5.41, 5.74) is 0.789. The summed E-state index contributed by atoms with van der Waals surface area (Å²) in [6, 6.07) is 7.90. The van der Waals surface area contributed by atoms with E-state index in [9.17, 15) is 24.9 Å². The van der Waals surface area contributed by atoms with Gasteiger partial charge < -0.3 is 35.8 Å². The third-order valence-corrected chi connectivity index (χ3v) is 3.41. The van der Waals surface area contributed by atoms with E-state index in [2.05, 4.69) is 10.6 Å². The Morgan fingerprint density at radius 3 is 2.32 bits per heavy atom. The molecule has 1 aromatic carbocycles. The van der Waals surface area contributed by atoms with E-state index in [1.165, 1.54) is 6.92 Å². The molecule has 6 N–H and O–H groups in total. The van der Waals surface area contributed by atoms with Crippen LogP contribution in [0.1, 0.15) is 12.5 Å². The van der Waals surface area contributed by atoms with Crippen molar-refractivity contribution in [3.63, 3.8) is 0 Å². The number of aliphatic hydroxyl groups excluding tert-OH is 4. The van der Waals surface area contributed by atoms with Crippen LogP contribution in [-0.2, 0) is 16.1 Å². The molecule has 0 saturated heterocycles. The first-order valence-electron chi connectivity index (χ1n) is 7.71. The molecule has 0 radical (unpaired) electrons. The van der Waals surface area contributed by atoms with Crippen LogP contribution < -0.4 is 10.6 Å². The van der Waals surface area contributed by atoms with Crippen molar-refractivity contribution in [2.24, 2.45) is 0 Å². The molecule has 9 nitrogen and oxygen atoms in total. The monoisotopic (exact) mass is 356 g/mol. The number of carbonyl (C=O) groups is 2. The zero-order valence-electron chi connectivity index (χ0n) is 13.8. The Hall–Kier alpha value is -2.20. The van der Waals surface area contributed by atoms with Crippen LogP contribution in [0.15, 0.2) is 30.3 Å². The number of hydrogen-bond acceptors (Lipinski definition) is 7. The largest absolute Gasteiger partial charge is 0.445 e. The molecule has 0 aliphatic carbocycles. The van der Waals surface area contributed by atoms with E-state index >= 15 is 0 Å². The Morgan fingerprint density at radius 1 is 1.12 bits per heavy atom. The average molecular weight is 356 g/mol. The smallest absolute Gasteiger partial charge is 0.407 e. The SMILES string of the molecule is CC(=O)N[C@H](CNC(=O)OCc1ccccc1)[C@@H](O)[C@H](O)[C@H](O)CO. The lowest BCUT2D eigenvalue weighted by atomic mass is 10.0. The third-order valence-electron chi connectivity index (χ3n) is 3.41. The number of amides is 2. The van der Waals surface area contributed by atoms with Crippen molar-refractivity contribution in [3.8, 4) is 0 Å². The van der Waals surface area contributed by atoms with Crippen molar-refractivity contribution < 1.29 is 34.8 Å². The molecule has 1 rings (SSSR count). The van der Waals surface area contributed by atoms with E-state index in [-0.39, 0.29) is 13.2 Å². The molecular formula is C16H24N2O7. The van der Waals surface area contributed by atoms with E-state index in [0.29, 0.717) is 0 Å². The molecule has 0 unspecified atom stereocenters. The van der Waals surface area contributed by atoms with Crippen LogP contribution in [0.5, 0.6) is 0 Å². The third kappa shape index (κ3) is 7.48. The van der Waals surface area contributed by atoms with Crippen molar-refractivity contribution >= 4 is 12.0 Å². The van der Waals surface area contributed by atoms with E-state index in [4.69, 9.17) is 9.84 Å². The van der Waals surface area contributed by atoms with Crippen molar-refractivity contribution in [1.29, 1.82) is 0 Å². The van der Waals surface area contributed by atoms with Crippen molar-refractivity contribution in [2.45, 2.75) is 37.9 Å². The maximum Gasteiger partial charge on any atom is 0.407 e. The maximum atomic E-state index is 11.7. The predicted octanol–water partition coefficient (Wildman–Crippen LogP) is -1.51. The molecule has 0 heterocycles. The molecule has 9 heteroatoms. The quantitative estimate of drug-likeness (QED) is 0.315. The Labute approximate surface area is 145 Å². The molecular weight excluding hydrogens is 332 g/mol. The molecule has 0 saturated carbocycles. The normalized spacial score (nSPS) is 15.6. The first-order valence-corrected chi connectivity index (χ1v) is 7.71. The number of ether oxygens (including phenoxy) is 1. The van der Waals surface area contributed by atoms with Gasteiger partial charge in [-0.2, -0.15) is 0 Å². The Kier molecular flexibility index (Phi) is 8.86. The van der Waals surface area contributed by atoms with Gasteiger partial charge in [-0.1, -0.05) is 30.3 Å². The summed E-state index contributed by atoms with van der Waals surface area (Å²) < 4.78 is 5.00. The molecule has 0 aliphatic rings. The predicted molar refractivity (Wildman–Crippen MR) is 87.3 cm³/mol. The topological polar surface area (TPSA) is 148 Å². The summed E-state index contributed by atoms with van der Waals surface area (Å²) in [4.78, 5) is 22.9. The van der Waals surface area contributed by atoms with Crippen LogP contribution in [-0.4, -0.2) is 69.9 Å². The number of carbonyl (C=O) groups excluding carboxylic acids is 2. The van der Waals surface area contributed by atoms with Crippen molar-refractivity contribution in [2.75, 3.05) is 13.2 Å². The Bertz CT molecular complexity index is 541. The van der Waals surface area contributed by atoms with E-state index in [0.717, 1.165) is 5.56 Å². The highest BCUT2D eigenvalue weighted by Gasteiger charge is 2.32. The van der Waals surface area contributed by atoms with Crippen molar-refractivity contribution in [1.82, 2.24) is 10.6 Å². The van der Waals surface area contributed by atoms with Gasteiger partial charge in [0.25, 0.3) is 0 Å². The second kappa shape index (κ2) is 10.6. The van der Waals surface area contributed by atoms with Gasteiger partial charge in [0, 0.05) is 13.5 Å². The Morgan fingerprint density at radius 2 is 1.76 bits per heavy atom. The number of benzene rings is 1. The van der Waals surface area contributed by atoms with Crippen LogP contribution in [0.4, 0.5) is 4.79 Å². The van der Waals surface area contributed by atoms with Gasteiger partial charge in [-0.3, -0.25) is 4.79 Å². The fourth-order valence-corrected chi connectivity index (χ4v) is 2.06. The van der Waals surface area contributed by atoms with Gasteiger partial charge in [-0.15, -0.1) is 0 Å². The van der Waals surface area contributed by atoms with E-state index in [1.54, 1.807) is 24.3 Å². The van der Waals surface area contributed by atoms with E-state index in [1.807, 2.05) is 6.07 Å². The summed E-state index contributed by atoms with van der Waals surface area (Å²) >= 11 is 0. The number of hydrogen-bond donors (Lipinski definition) is 6. The lowest BCUT2D eigenvalue weighted by molar-refractivity contribution is -0.123. The fraction of sp³-hybridized carbons (Fsp3) is 0.500. The summed E-state index contributed by atoms with van der Waals surface area (Å²) in [7, 11) is 0. The first kappa shape index (κ1) is 20.8. The minimum atomic E-state index is -1.70. The molecule has 1 aromatic rings. The summed E-state index contributed by atoms with van der Waals surface area (Å²) in [5.74, 6) is -0.505. The van der Waals surface area contributed by atoms with Crippen LogP contribution in [0.25, 0.3) is 0 Å². The summed E-state index contributed by atoms with van der Waals surface area (Å²) in [6.45, 7) is 0.231. The summed E-state index contributed by atoms with van der Waals surface area (Å²) in [5, 5.41) is 42.7. The second-order valence-electron chi connectivity index (χ2n) is 5.48. The number of alkyl carbamates (subject to hydrolysis) is 1. The molecule has 0 fully saturated rings. The fourth-order valence-electron chi connectivity index (χ4n) is 2.06. The first-order chi connectivity index (χ1) is 11.8. The Balaban J connectivity index is 2.54. The number of rotatable bonds is 9. The highest BCUT2D eigenvalue weighted by atomic mass is 16.5. The molecule has 0 spiro atoms. The molecule has 0 aliphatic heterocycles. The van der Waals surface area contributed by atoms with Crippen molar-refractivity contribution in [3.05, 3.63) is 35.9 Å². The van der Waals surface area contributed by atoms with Crippen LogP contribution >= 0.6 is 0 Å². The van der Waals surface area contributed by atoms with Gasteiger partial charge in [-0.25, -0.2) is 4.79 Å². The average Bonchev–Trinajstić information content (AvgIpc) is 2.62. The maximum absolute atomic E-state index is 11.7. The molecule has 0 aromatic heterocycles. The lowest BCUT2D eigenvalue weighted by Gasteiger charge is -2.29. The molecule has 4 atom stereocenters. The standard InChI is InChI=1S/C16H24N2O7/c1-10(20)18-12(14(22)15(23)13(21)8-19)7-17-16(24)25-9-11-5-3-2-4-6-11/h2-6,12-15,19,21-23H,7-9H2,1H3,(H,17,24)(H,18,20)/t12-,13-,14-,15-/m1/s1. The molecule has 0 bridgehead atoms. The second-order valence-corrected chi connectivity index (χ2v) is 5.48. The highest BCUT2D eigenvalue weighted by Crippen LogP contribution is 2.06. The van der Waals surface area contributed by atoms with Gasteiger partial charge in [0.2, 0.25) is 5.91 Å². The zero-order chi connectivity index (χ0) is 18.8. The minimum Gasteiger partial charge on any atom is -0.445 e. The van der Waals surface area contributed by atoms with E-state index < -0.39 is 43.0 Å². The van der Waals surface area contributed by atoms with Gasteiger partial charge in [-0.05, 0) is 5.56 Å². The van der Waals surface area contributed by atoms with Gasteiger partial charge in [0.05, 0.1) is 12.6 Å². The minimum absolute atomic E-state index is 0.0475. The highest BCUT2D eigenvalue weighted by molar-refractivity contribution is 5.73. The molecule has 140 valence electrons. The molecule has 25 heavy (non-hydrogen) atoms. The van der Waals surface area contributed by atoms with Gasteiger partial charge >= 0.3 is 6.09 Å². The van der Waals surface area contributed by atoms with Crippen LogP contribution in [0.2, 0.25) is 0 Å². The van der Waals surface area contributed by atoms with Gasteiger partial charge in [0.1, 0.15) is 24.9 Å². The van der Waals surface area contributed by atoms with Gasteiger partial charge in [0.15, 0.2) is 0 Å². The number of nitrogens with one attached hydrogen (secondary N) is 2. The van der Waals surface area contributed by atoms with Crippen LogP contribution in [0, 0.1) is 0 Å². The zero-order valence-corrected chi connectivity index (χ0v) is 13.8. The summed E-state index contributed by atoms with van der Waals surface area (Å²) in [6.07, 6.45) is -5.68.